The van der Waals surface area contributed by atoms with Crippen molar-refractivity contribution in [2.75, 3.05) is 33.3 Å². The lowest BCUT2D eigenvalue weighted by Gasteiger charge is -2.32. The summed E-state index contributed by atoms with van der Waals surface area (Å²) >= 11 is 0. The lowest BCUT2D eigenvalue weighted by atomic mass is 10.2. The number of benzene rings is 1. The van der Waals surface area contributed by atoms with E-state index in [1.165, 1.54) is 0 Å². The van der Waals surface area contributed by atoms with E-state index in [-0.39, 0.29) is 6.10 Å². The zero-order valence-corrected chi connectivity index (χ0v) is 12.1. The van der Waals surface area contributed by atoms with Crippen LogP contribution in [0.5, 0.6) is 0 Å². The summed E-state index contributed by atoms with van der Waals surface area (Å²) < 4.78 is 7.51. The topological polar surface area (TPSA) is 68.1 Å². The highest BCUT2D eigenvalue weighted by atomic mass is 16.5. The van der Waals surface area contributed by atoms with Gasteiger partial charge in [0.05, 0.1) is 24.9 Å². The average Bonchev–Trinajstić information content (AvgIpc) is 2.97. The molecule has 112 valence electrons. The number of hydrogen-bond donors (Lipinski definition) is 1. The Morgan fingerprint density at radius 1 is 1.33 bits per heavy atom. The van der Waals surface area contributed by atoms with E-state index in [1.807, 2.05) is 37.4 Å². The lowest BCUT2D eigenvalue weighted by molar-refractivity contribution is -0.0300. The third-order valence-corrected chi connectivity index (χ3v) is 3.55. The molecule has 0 amide bonds. The highest BCUT2D eigenvalue weighted by Gasteiger charge is 2.22. The second-order valence-electron chi connectivity index (χ2n) is 5.13. The monoisotopic (exact) mass is 288 g/mol. The average molecular weight is 288 g/mol. The molecule has 1 N–H and O–H groups in total. The molecule has 0 bridgehead atoms. The molecule has 2 aromatic rings. The maximum Gasteiger partial charge on any atom is 0.170 e. The van der Waals surface area contributed by atoms with Crippen LogP contribution in [0.2, 0.25) is 0 Å². The van der Waals surface area contributed by atoms with Crippen molar-refractivity contribution in [2.24, 2.45) is 0 Å². The van der Waals surface area contributed by atoms with E-state index in [2.05, 4.69) is 25.7 Å². The van der Waals surface area contributed by atoms with Gasteiger partial charge in [0, 0.05) is 19.6 Å². The van der Waals surface area contributed by atoms with E-state index in [1.54, 1.807) is 4.68 Å². The quantitative estimate of drug-likeness (QED) is 0.840. The molecule has 0 aliphatic carbocycles. The molecular weight excluding hydrogens is 268 g/mol. The highest BCUT2D eigenvalue weighted by Crippen LogP contribution is 2.11. The number of ether oxygens (including phenoxy) is 1. The first kappa shape index (κ1) is 14.1. The Kier molecular flexibility index (Phi) is 4.54. The minimum Gasteiger partial charge on any atom is -0.374 e. The van der Waals surface area contributed by atoms with Gasteiger partial charge in [-0.05, 0) is 29.6 Å². The Labute approximate surface area is 123 Å². The zero-order valence-electron chi connectivity index (χ0n) is 12.1. The maximum atomic E-state index is 5.72. The van der Waals surface area contributed by atoms with Gasteiger partial charge in [-0.25, -0.2) is 0 Å². The molecule has 7 heteroatoms. The lowest BCUT2D eigenvalue weighted by Crippen LogP contribution is -2.46. The first-order valence-corrected chi connectivity index (χ1v) is 7.18. The molecule has 3 rings (SSSR count). The normalized spacial score (nSPS) is 19.8. The SMILES string of the molecule is CNCC1CN(Cc2nnnn2-c2ccccc2)CCO1. The van der Waals surface area contributed by atoms with Crippen LogP contribution in [0.3, 0.4) is 0 Å². The predicted molar refractivity (Wildman–Crippen MR) is 78.1 cm³/mol. The summed E-state index contributed by atoms with van der Waals surface area (Å²) in [5.41, 5.74) is 0.984. The molecular formula is C14H20N6O. The molecule has 1 fully saturated rings. The van der Waals surface area contributed by atoms with E-state index < -0.39 is 0 Å². The molecule has 1 aromatic heterocycles. The number of nitrogens with one attached hydrogen (secondary N) is 1. The van der Waals surface area contributed by atoms with Crippen LogP contribution < -0.4 is 5.32 Å². The third kappa shape index (κ3) is 3.44. The fraction of sp³-hybridized carbons (Fsp3) is 0.500. The molecule has 0 saturated carbocycles. The van der Waals surface area contributed by atoms with Crippen LogP contribution in [0, 0.1) is 0 Å². The highest BCUT2D eigenvalue weighted by molar-refractivity contribution is 5.30. The summed E-state index contributed by atoms with van der Waals surface area (Å²) in [5.74, 6) is 0.853. The molecule has 2 heterocycles. The summed E-state index contributed by atoms with van der Waals surface area (Å²) in [6.07, 6.45) is 0.227. The van der Waals surface area contributed by atoms with Gasteiger partial charge in [0.1, 0.15) is 0 Å². The standard InChI is InChI=1S/C14H20N6O/c1-15-9-13-10-19(7-8-21-13)11-14-16-17-18-20(14)12-5-3-2-4-6-12/h2-6,13,15H,7-11H2,1H3. The molecule has 0 radical (unpaired) electrons. The number of rotatable bonds is 5. The minimum absolute atomic E-state index is 0.227. The number of tetrazole rings is 1. The van der Waals surface area contributed by atoms with E-state index in [0.717, 1.165) is 44.3 Å². The molecule has 1 saturated heterocycles. The van der Waals surface area contributed by atoms with Crippen molar-refractivity contribution in [1.82, 2.24) is 30.4 Å². The Balaban J connectivity index is 1.70. The van der Waals surface area contributed by atoms with Crippen molar-refractivity contribution in [3.8, 4) is 5.69 Å². The second-order valence-corrected chi connectivity index (χ2v) is 5.13. The Bertz CT molecular complexity index is 556. The van der Waals surface area contributed by atoms with Gasteiger partial charge < -0.3 is 10.1 Å². The Morgan fingerprint density at radius 3 is 3.00 bits per heavy atom. The van der Waals surface area contributed by atoms with E-state index in [4.69, 9.17) is 4.74 Å². The molecule has 1 unspecified atom stereocenters. The van der Waals surface area contributed by atoms with Gasteiger partial charge in [-0.2, -0.15) is 4.68 Å². The largest absolute Gasteiger partial charge is 0.374 e. The van der Waals surface area contributed by atoms with Crippen LogP contribution in [0.15, 0.2) is 30.3 Å². The van der Waals surface area contributed by atoms with Gasteiger partial charge in [-0.15, -0.1) is 5.10 Å². The van der Waals surface area contributed by atoms with Crippen molar-refractivity contribution in [1.29, 1.82) is 0 Å². The van der Waals surface area contributed by atoms with E-state index in [9.17, 15) is 0 Å². The van der Waals surface area contributed by atoms with Crippen LogP contribution in [0.4, 0.5) is 0 Å². The van der Waals surface area contributed by atoms with Gasteiger partial charge in [0.25, 0.3) is 0 Å². The van der Waals surface area contributed by atoms with Gasteiger partial charge >= 0.3 is 0 Å². The first-order chi connectivity index (χ1) is 10.4. The number of hydrogen-bond acceptors (Lipinski definition) is 6. The fourth-order valence-corrected chi connectivity index (χ4v) is 2.55. The van der Waals surface area contributed by atoms with Crippen molar-refractivity contribution in [3.63, 3.8) is 0 Å². The fourth-order valence-electron chi connectivity index (χ4n) is 2.55. The van der Waals surface area contributed by atoms with Gasteiger partial charge in [0.2, 0.25) is 0 Å². The van der Waals surface area contributed by atoms with Gasteiger partial charge in [-0.1, -0.05) is 18.2 Å². The smallest absolute Gasteiger partial charge is 0.170 e. The Hall–Kier alpha value is -1.83. The first-order valence-electron chi connectivity index (χ1n) is 7.18. The van der Waals surface area contributed by atoms with E-state index >= 15 is 0 Å². The molecule has 1 aliphatic heterocycles. The van der Waals surface area contributed by atoms with Crippen LogP contribution in [-0.2, 0) is 11.3 Å². The minimum atomic E-state index is 0.227. The second kappa shape index (κ2) is 6.75. The molecule has 1 atom stereocenters. The maximum absolute atomic E-state index is 5.72. The van der Waals surface area contributed by atoms with Crippen molar-refractivity contribution >= 4 is 0 Å². The summed E-state index contributed by atoms with van der Waals surface area (Å²) in [7, 11) is 1.94. The summed E-state index contributed by atoms with van der Waals surface area (Å²) in [6.45, 7) is 4.13. The van der Waals surface area contributed by atoms with Crippen LogP contribution in [0.1, 0.15) is 5.82 Å². The zero-order chi connectivity index (χ0) is 14.5. The Morgan fingerprint density at radius 2 is 2.19 bits per heavy atom. The van der Waals surface area contributed by atoms with Gasteiger partial charge in [-0.3, -0.25) is 4.90 Å². The van der Waals surface area contributed by atoms with Crippen molar-refractivity contribution in [3.05, 3.63) is 36.2 Å². The number of likely N-dealkylation sites (N-methyl/N-ethyl adjacent to an activating group) is 1. The molecule has 7 nitrogen and oxygen atoms in total. The summed E-state index contributed by atoms with van der Waals surface area (Å²) in [5, 5.41) is 15.2. The molecule has 0 spiro atoms. The predicted octanol–water partition coefficient (Wildman–Crippen LogP) is 0.0825. The number of morpholine rings is 1. The van der Waals surface area contributed by atoms with E-state index in [0.29, 0.717) is 0 Å². The van der Waals surface area contributed by atoms with Gasteiger partial charge in [0.15, 0.2) is 5.82 Å². The van der Waals surface area contributed by atoms with Crippen molar-refractivity contribution in [2.45, 2.75) is 12.6 Å². The molecule has 1 aromatic carbocycles. The van der Waals surface area contributed by atoms with Crippen molar-refractivity contribution < 1.29 is 4.74 Å². The molecule has 21 heavy (non-hydrogen) atoms. The van der Waals surface area contributed by atoms with Crippen LogP contribution in [0.25, 0.3) is 5.69 Å². The number of aromatic nitrogens is 4. The third-order valence-electron chi connectivity index (χ3n) is 3.55. The van der Waals surface area contributed by atoms with Crippen LogP contribution >= 0.6 is 0 Å². The van der Waals surface area contributed by atoms with Crippen LogP contribution in [-0.4, -0.2) is 64.5 Å². The number of nitrogens with zero attached hydrogens (tertiary/aromatic N) is 5. The molecule has 1 aliphatic rings. The summed E-state index contributed by atoms with van der Waals surface area (Å²) in [6, 6.07) is 9.96. The number of para-hydroxylation sites is 1. The summed E-state index contributed by atoms with van der Waals surface area (Å²) in [4.78, 5) is 2.33.